The summed E-state index contributed by atoms with van der Waals surface area (Å²) in [7, 11) is 0. The molecular weight excluding hydrogens is 308 g/mol. The van der Waals surface area contributed by atoms with Gasteiger partial charge in [0.05, 0.1) is 5.69 Å². The number of benzene rings is 2. The Hall–Kier alpha value is -2.26. The minimum Gasteiger partial charge on any atom is -0.391 e. The van der Waals surface area contributed by atoms with E-state index in [9.17, 15) is 0 Å². The third kappa shape index (κ3) is 2.84. The van der Waals surface area contributed by atoms with Gasteiger partial charge in [-0.2, -0.15) is 0 Å². The fourth-order valence-corrected chi connectivity index (χ4v) is 3.25. The minimum atomic E-state index is 0.455. The van der Waals surface area contributed by atoms with Crippen molar-refractivity contribution < 1.29 is 4.84 Å². The molecule has 0 aliphatic heterocycles. The molecule has 0 amide bonds. The van der Waals surface area contributed by atoms with Crippen molar-refractivity contribution in [3.05, 3.63) is 70.4 Å². The third-order valence-corrected chi connectivity index (χ3v) is 4.51. The lowest BCUT2D eigenvalue weighted by Gasteiger charge is -2.13. The van der Waals surface area contributed by atoms with Gasteiger partial charge in [-0.05, 0) is 48.6 Å². The van der Waals surface area contributed by atoms with Crippen molar-refractivity contribution in [2.75, 3.05) is 0 Å². The fraction of sp³-hybridized carbons (Fsp3) is 0.211. The van der Waals surface area contributed by atoms with Crippen LogP contribution in [0.4, 0.5) is 0 Å². The predicted molar refractivity (Wildman–Crippen MR) is 94.0 cm³/mol. The van der Waals surface area contributed by atoms with Gasteiger partial charge in [0, 0.05) is 15.9 Å². The van der Waals surface area contributed by atoms with Crippen LogP contribution in [0.5, 0.6) is 0 Å². The molecule has 23 heavy (non-hydrogen) atoms. The van der Waals surface area contributed by atoms with Crippen LogP contribution in [0, 0.1) is 0 Å². The van der Waals surface area contributed by atoms with Crippen LogP contribution >= 0.6 is 11.6 Å². The molecule has 4 rings (SSSR count). The number of oxime groups is 1. The maximum Gasteiger partial charge on any atom is 0.142 e. The smallest absolute Gasteiger partial charge is 0.142 e. The van der Waals surface area contributed by atoms with Gasteiger partial charge in [0.15, 0.2) is 0 Å². The zero-order valence-electron chi connectivity index (χ0n) is 12.7. The molecule has 1 heterocycles. The van der Waals surface area contributed by atoms with E-state index in [-0.39, 0.29) is 0 Å². The van der Waals surface area contributed by atoms with E-state index in [1.807, 2.05) is 24.3 Å². The Labute approximate surface area is 139 Å². The number of aromatic amines is 1. The van der Waals surface area contributed by atoms with Crippen LogP contribution in [-0.4, -0.2) is 10.7 Å². The van der Waals surface area contributed by atoms with Crippen LogP contribution in [0.15, 0.2) is 53.7 Å². The number of hydrogen-bond donors (Lipinski definition) is 1. The second-order valence-electron chi connectivity index (χ2n) is 5.82. The highest BCUT2D eigenvalue weighted by molar-refractivity contribution is 6.30. The van der Waals surface area contributed by atoms with Crippen LogP contribution in [0.2, 0.25) is 5.02 Å². The second kappa shape index (κ2) is 6.09. The molecule has 0 atom stereocenters. The van der Waals surface area contributed by atoms with Gasteiger partial charge in [-0.25, -0.2) is 0 Å². The van der Waals surface area contributed by atoms with E-state index in [4.69, 9.17) is 16.4 Å². The Morgan fingerprint density at radius 1 is 1.04 bits per heavy atom. The third-order valence-electron chi connectivity index (χ3n) is 4.26. The molecule has 3 nitrogen and oxygen atoms in total. The summed E-state index contributed by atoms with van der Waals surface area (Å²) in [5, 5.41) is 6.42. The zero-order chi connectivity index (χ0) is 15.6. The molecule has 0 spiro atoms. The molecule has 4 heteroatoms. The van der Waals surface area contributed by atoms with Crippen LogP contribution in [0.1, 0.15) is 29.7 Å². The molecule has 0 saturated heterocycles. The highest BCUT2D eigenvalue weighted by Gasteiger charge is 2.20. The van der Waals surface area contributed by atoms with E-state index in [0.717, 1.165) is 41.3 Å². The number of hydrogen-bond acceptors (Lipinski definition) is 2. The number of fused-ring (bicyclic) bond motifs is 3. The first-order chi connectivity index (χ1) is 11.3. The van der Waals surface area contributed by atoms with E-state index in [1.54, 1.807) is 0 Å². The monoisotopic (exact) mass is 324 g/mol. The number of rotatable bonds is 3. The van der Waals surface area contributed by atoms with E-state index < -0.39 is 0 Å². The van der Waals surface area contributed by atoms with E-state index in [0.29, 0.717) is 6.61 Å². The van der Waals surface area contributed by atoms with Crippen LogP contribution in [0.25, 0.3) is 10.9 Å². The quantitative estimate of drug-likeness (QED) is 0.670. The summed E-state index contributed by atoms with van der Waals surface area (Å²) >= 11 is 5.89. The molecule has 1 N–H and O–H groups in total. The molecule has 1 aliphatic rings. The maximum atomic E-state index is 5.89. The first-order valence-corrected chi connectivity index (χ1v) is 8.22. The summed E-state index contributed by atoms with van der Waals surface area (Å²) in [6.07, 6.45) is 3.15. The molecule has 1 aromatic heterocycles. The Bertz CT molecular complexity index is 865. The summed E-state index contributed by atoms with van der Waals surface area (Å²) < 4.78 is 0. The minimum absolute atomic E-state index is 0.455. The topological polar surface area (TPSA) is 37.4 Å². The summed E-state index contributed by atoms with van der Waals surface area (Å²) in [5.41, 5.74) is 5.74. The normalized spacial score (nSPS) is 15.8. The van der Waals surface area contributed by atoms with Crippen molar-refractivity contribution in [1.82, 2.24) is 4.98 Å². The van der Waals surface area contributed by atoms with Gasteiger partial charge in [-0.1, -0.05) is 47.1 Å². The van der Waals surface area contributed by atoms with Crippen LogP contribution in [-0.2, 0) is 17.9 Å². The SMILES string of the molecule is Clc1ccc(CO/N=C2/CCCc3c2[nH]c2ccccc32)cc1. The van der Waals surface area contributed by atoms with Gasteiger partial charge >= 0.3 is 0 Å². The van der Waals surface area contributed by atoms with Crippen molar-refractivity contribution >= 4 is 28.2 Å². The summed E-state index contributed by atoms with van der Waals surface area (Å²) in [4.78, 5) is 9.07. The molecular formula is C19H17ClN2O. The standard InChI is InChI=1S/C19H17ClN2O/c20-14-10-8-13(9-11-14)12-23-22-18-7-3-5-16-15-4-1-2-6-17(15)21-19(16)18/h1-2,4,6,8-11,21H,3,5,7,12H2/b22-18-. The Balaban J connectivity index is 1.57. The Morgan fingerprint density at radius 3 is 2.74 bits per heavy atom. The number of para-hydroxylation sites is 1. The average molecular weight is 325 g/mol. The molecule has 3 aromatic rings. The van der Waals surface area contributed by atoms with Gasteiger partial charge in [-0.15, -0.1) is 0 Å². The fourth-order valence-electron chi connectivity index (χ4n) is 3.12. The second-order valence-corrected chi connectivity index (χ2v) is 6.25. The first-order valence-electron chi connectivity index (χ1n) is 7.84. The molecule has 1 aliphatic carbocycles. The number of aryl methyl sites for hydroxylation is 1. The molecule has 0 unspecified atom stereocenters. The van der Waals surface area contributed by atoms with Gasteiger partial charge in [0.2, 0.25) is 0 Å². The molecule has 0 radical (unpaired) electrons. The van der Waals surface area contributed by atoms with Gasteiger partial charge < -0.3 is 9.82 Å². The highest BCUT2D eigenvalue weighted by atomic mass is 35.5. The van der Waals surface area contributed by atoms with Crippen molar-refractivity contribution in [1.29, 1.82) is 0 Å². The number of nitrogens with zero attached hydrogens (tertiary/aromatic N) is 1. The van der Waals surface area contributed by atoms with Gasteiger partial charge in [-0.3, -0.25) is 0 Å². The molecule has 116 valence electrons. The first kappa shape index (κ1) is 14.3. The number of H-pyrrole nitrogens is 1. The molecule has 0 bridgehead atoms. The Morgan fingerprint density at radius 2 is 1.87 bits per heavy atom. The lowest BCUT2D eigenvalue weighted by Crippen LogP contribution is -2.11. The largest absolute Gasteiger partial charge is 0.391 e. The molecule has 2 aromatic carbocycles. The number of halogens is 1. The Kier molecular flexibility index (Phi) is 3.80. The van der Waals surface area contributed by atoms with Crippen molar-refractivity contribution in [2.24, 2.45) is 5.16 Å². The average Bonchev–Trinajstić information content (AvgIpc) is 2.96. The lowest BCUT2D eigenvalue weighted by molar-refractivity contribution is 0.130. The zero-order valence-corrected chi connectivity index (χ0v) is 13.4. The van der Waals surface area contributed by atoms with E-state index in [2.05, 4.69) is 34.4 Å². The highest BCUT2D eigenvalue weighted by Crippen LogP contribution is 2.29. The summed E-state index contributed by atoms with van der Waals surface area (Å²) in [6, 6.07) is 16.1. The molecule has 0 fully saturated rings. The van der Waals surface area contributed by atoms with E-state index in [1.165, 1.54) is 16.5 Å². The lowest BCUT2D eigenvalue weighted by atomic mass is 9.94. The summed E-state index contributed by atoms with van der Waals surface area (Å²) in [5.74, 6) is 0. The molecule has 0 saturated carbocycles. The van der Waals surface area contributed by atoms with Crippen LogP contribution < -0.4 is 0 Å². The van der Waals surface area contributed by atoms with Crippen molar-refractivity contribution in [3.8, 4) is 0 Å². The number of nitrogens with one attached hydrogen (secondary N) is 1. The van der Waals surface area contributed by atoms with Crippen LogP contribution in [0.3, 0.4) is 0 Å². The van der Waals surface area contributed by atoms with Crippen molar-refractivity contribution in [3.63, 3.8) is 0 Å². The predicted octanol–water partition coefficient (Wildman–Crippen LogP) is 5.08. The summed E-state index contributed by atoms with van der Waals surface area (Å²) in [6.45, 7) is 0.455. The van der Waals surface area contributed by atoms with Crippen molar-refractivity contribution in [2.45, 2.75) is 25.9 Å². The maximum absolute atomic E-state index is 5.89. The van der Waals surface area contributed by atoms with Gasteiger partial charge in [0.25, 0.3) is 0 Å². The van der Waals surface area contributed by atoms with Gasteiger partial charge in [0.1, 0.15) is 12.3 Å². The van der Waals surface area contributed by atoms with E-state index >= 15 is 0 Å². The number of aromatic nitrogens is 1.